The van der Waals surface area contributed by atoms with Gasteiger partial charge in [-0.05, 0) is 43.2 Å². The lowest BCUT2D eigenvalue weighted by atomic mass is 9.95. The fourth-order valence-corrected chi connectivity index (χ4v) is 6.91. The summed E-state index contributed by atoms with van der Waals surface area (Å²) in [4.78, 5) is 36.1. The van der Waals surface area contributed by atoms with Crippen LogP contribution in [-0.4, -0.2) is 104 Å². The molecule has 52 heavy (non-hydrogen) atoms. The highest BCUT2D eigenvalue weighted by molar-refractivity contribution is 8.07. The largest absolute Gasteiger partial charge is 0.379 e. The highest BCUT2D eigenvalue weighted by Crippen LogP contribution is 2.43. The van der Waals surface area contributed by atoms with E-state index < -0.39 is 6.72 Å². The van der Waals surface area contributed by atoms with Crippen molar-refractivity contribution in [3.8, 4) is 22.5 Å². The lowest BCUT2D eigenvalue weighted by Gasteiger charge is -2.27. The Bertz CT molecular complexity index is 1590. The van der Waals surface area contributed by atoms with E-state index in [-0.39, 0.29) is 11.8 Å². The zero-order valence-corrected chi connectivity index (χ0v) is 31.9. The molecule has 286 valence electrons. The van der Waals surface area contributed by atoms with Gasteiger partial charge in [-0.25, -0.2) is 4.68 Å². The molecule has 4 rings (SSSR count). The molecule has 0 bridgehead atoms. The molecular weight excluding hydrogens is 709 g/mol. The number of nitrogens with zero attached hydrogens (tertiary/aromatic N) is 4. The number of rotatable bonds is 25. The van der Waals surface area contributed by atoms with Crippen LogP contribution in [0.2, 0.25) is 0 Å². The third kappa shape index (κ3) is 13.7. The van der Waals surface area contributed by atoms with E-state index >= 15 is 0 Å². The van der Waals surface area contributed by atoms with E-state index in [1.807, 2.05) is 53.2 Å². The molecule has 1 aliphatic rings. The van der Waals surface area contributed by atoms with Crippen molar-refractivity contribution >= 4 is 36.0 Å². The molecule has 0 saturated heterocycles. The van der Waals surface area contributed by atoms with Crippen molar-refractivity contribution in [3.63, 3.8) is 0 Å². The second-order valence-electron chi connectivity index (χ2n) is 12.0. The Morgan fingerprint density at radius 2 is 1.46 bits per heavy atom. The van der Waals surface area contributed by atoms with Gasteiger partial charge in [-0.3, -0.25) is 9.59 Å². The summed E-state index contributed by atoms with van der Waals surface area (Å²) in [6.07, 6.45) is 3.81. The fraction of sp³-hybridized carbons (Fsp3) is 0.556. The van der Waals surface area contributed by atoms with Crippen molar-refractivity contribution in [2.45, 2.75) is 59.0 Å². The number of unbranched alkanes of at least 4 members (excludes halogenated alkanes) is 3. The van der Waals surface area contributed by atoms with Gasteiger partial charge in [0.25, 0.3) is 0 Å². The molecule has 1 aliphatic heterocycles. The lowest BCUT2D eigenvalue weighted by molar-refractivity contribution is -0.122. The highest BCUT2D eigenvalue weighted by Gasteiger charge is 2.27. The minimum Gasteiger partial charge on any atom is -0.379 e. The molecule has 2 N–H and O–H groups in total. The molecule has 1 atom stereocenters. The van der Waals surface area contributed by atoms with E-state index in [1.165, 1.54) is 0 Å². The Balaban J connectivity index is 1.01. The van der Waals surface area contributed by atoms with Crippen LogP contribution in [0.3, 0.4) is 0 Å². The summed E-state index contributed by atoms with van der Waals surface area (Å²) in [5, 5.41) is 11.9. The number of benzene rings is 2. The van der Waals surface area contributed by atoms with Crippen LogP contribution in [0.15, 0.2) is 48.5 Å². The maximum absolute atomic E-state index is 12.6. The van der Waals surface area contributed by atoms with Gasteiger partial charge in [-0.1, -0.05) is 60.5 Å². The number of anilines is 1. The van der Waals surface area contributed by atoms with Gasteiger partial charge in [0, 0.05) is 31.0 Å². The molecule has 1 unspecified atom stereocenters. The maximum Gasteiger partial charge on any atom is 0.324 e. The first-order chi connectivity index (χ1) is 25.3. The van der Waals surface area contributed by atoms with E-state index in [4.69, 9.17) is 39.8 Å². The Hall–Kier alpha value is -3.11. The van der Waals surface area contributed by atoms with Crippen molar-refractivity contribution in [1.29, 1.82) is 0 Å². The molecule has 0 spiro atoms. The smallest absolute Gasteiger partial charge is 0.324 e. The van der Waals surface area contributed by atoms with Crippen LogP contribution in [0, 0.1) is 0 Å². The maximum atomic E-state index is 12.6. The highest BCUT2D eigenvalue weighted by atomic mass is 32.5. The molecule has 14 nitrogen and oxygen atoms in total. The van der Waals surface area contributed by atoms with Gasteiger partial charge in [-0.2, -0.15) is 0 Å². The van der Waals surface area contributed by atoms with Crippen molar-refractivity contribution in [2.24, 2.45) is 0 Å². The van der Waals surface area contributed by atoms with Gasteiger partial charge in [0.15, 0.2) is 0 Å². The van der Waals surface area contributed by atoms with E-state index in [2.05, 4.69) is 15.6 Å². The number of nitrogens with one attached hydrogen (secondary N) is 1. The van der Waals surface area contributed by atoms with Gasteiger partial charge in [-0.15, -0.1) is 5.10 Å². The second kappa shape index (κ2) is 22.8. The van der Waals surface area contributed by atoms with Crippen LogP contribution in [0.1, 0.15) is 51.5 Å². The Morgan fingerprint density at radius 3 is 2.17 bits per heavy atom. The number of hydrogen-bond acceptors (Lipinski definition) is 11. The van der Waals surface area contributed by atoms with Gasteiger partial charge >= 0.3 is 6.72 Å². The molecule has 2 aromatic carbocycles. The van der Waals surface area contributed by atoms with E-state index in [0.29, 0.717) is 92.1 Å². The van der Waals surface area contributed by atoms with Crippen molar-refractivity contribution in [1.82, 2.24) is 20.3 Å². The molecule has 0 radical (unpaired) electrons. The van der Waals surface area contributed by atoms with Crippen molar-refractivity contribution in [3.05, 3.63) is 54.1 Å². The molecule has 2 heterocycles. The summed E-state index contributed by atoms with van der Waals surface area (Å²) < 4.78 is 34.6. The van der Waals surface area contributed by atoms with Gasteiger partial charge in [0.2, 0.25) is 11.8 Å². The van der Waals surface area contributed by atoms with E-state index in [9.17, 15) is 14.5 Å². The molecule has 16 heteroatoms. The molecule has 1 aromatic heterocycles. The monoisotopic (exact) mass is 761 g/mol. The third-order valence-electron chi connectivity index (χ3n) is 8.14. The van der Waals surface area contributed by atoms with Gasteiger partial charge in [0.1, 0.15) is 5.69 Å². The SMILES string of the molecule is CCOP(O)(=S)OCCCCCCNC(=O)CCOCCOCCOCCOCCn1nnc2c1-c1ccccc1CN(C(C)=O)c1ccccc1-2. The molecule has 2 amide bonds. The normalized spacial score (nSPS) is 13.4. The molecule has 3 aromatic rings. The Labute approximate surface area is 311 Å². The average Bonchev–Trinajstić information content (AvgIpc) is 3.54. The number of carbonyl (C=O) groups is 2. The standard InChI is InChI=1S/C36H52N5O9PS/c1-3-49-51(44,52)50-19-11-5-4-10-17-37-34(43)16-20-45-22-24-47-26-27-48-25-23-46-21-18-41-36-31-13-7-6-12-30(31)28-40(29(2)42)33-15-9-8-14-32(33)35(36)38-39-41/h6-9,12-15H,3-5,10-11,16-28H2,1-2H3,(H,37,43)(H,44,52). The van der Waals surface area contributed by atoms with Gasteiger partial charge in [0.05, 0.1) is 90.5 Å². The topological polar surface area (TPSA) is 156 Å². The molecular formula is C36H52N5O9PS. The minimum atomic E-state index is -3.08. The molecule has 0 aliphatic carbocycles. The fourth-order valence-electron chi connectivity index (χ4n) is 5.61. The summed E-state index contributed by atoms with van der Waals surface area (Å²) in [6, 6.07) is 15.9. The van der Waals surface area contributed by atoms with Crippen molar-refractivity contribution in [2.75, 3.05) is 77.5 Å². The van der Waals surface area contributed by atoms with Crippen LogP contribution < -0.4 is 10.2 Å². The predicted octanol–water partition coefficient (Wildman–Crippen LogP) is 4.88. The summed E-state index contributed by atoms with van der Waals surface area (Å²) in [5.41, 5.74) is 5.34. The number of amides is 2. The molecule has 0 saturated carbocycles. The summed E-state index contributed by atoms with van der Waals surface area (Å²) in [5.74, 6) is -0.0710. The quantitative estimate of drug-likeness (QED) is 0.0893. The van der Waals surface area contributed by atoms with Crippen LogP contribution in [0.4, 0.5) is 5.69 Å². The third-order valence-corrected chi connectivity index (χ3v) is 9.87. The Morgan fingerprint density at radius 1 is 0.827 bits per heavy atom. The van der Waals surface area contributed by atoms with Crippen LogP contribution in [0.5, 0.6) is 0 Å². The first-order valence-corrected chi connectivity index (χ1v) is 20.5. The van der Waals surface area contributed by atoms with Crippen molar-refractivity contribution < 1.29 is 42.5 Å². The lowest BCUT2D eigenvalue weighted by Crippen LogP contribution is -2.29. The van der Waals surface area contributed by atoms with Crippen LogP contribution in [-0.2, 0) is 62.5 Å². The second-order valence-corrected chi connectivity index (χ2v) is 14.8. The number of fused-ring (bicyclic) bond motifs is 5. The van der Waals surface area contributed by atoms with Gasteiger partial charge < -0.3 is 43.1 Å². The first kappa shape index (κ1) is 41.6. The summed E-state index contributed by atoms with van der Waals surface area (Å²) in [7, 11) is 0. The summed E-state index contributed by atoms with van der Waals surface area (Å²) in [6.45, 7) is 5.88. The van der Waals surface area contributed by atoms with Crippen LogP contribution in [0.25, 0.3) is 22.5 Å². The van der Waals surface area contributed by atoms with E-state index in [0.717, 1.165) is 59.4 Å². The number of para-hydroxylation sites is 1. The predicted molar refractivity (Wildman–Crippen MR) is 201 cm³/mol. The average molecular weight is 762 g/mol. The number of aromatic nitrogens is 3. The zero-order valence-electron chi connectivity index (χ0n) is 30.2. The number of hydrogen-bond donors (Lipinski definition) is 2. The minimum absolute atomic E-state index is 0.0315. The number of ether oxygens (including phenoxy) is 4. The summed E-state index contributed by atoms with van der Waals surface area (Å²) >= 11 is 4.87. The zero-order chi connectivity index (χ0) is 37.0. The van der Waals surface area contributed by atoms with Crippen LogP contribution >= 0.6 is 6.72 Å². The van der Waals surface area contributed by atoms with E-state index in [1.54, 1.807) is 18.7 Å². The number of carbonyl (C=O) groups excluding carboxylic acids is 2. The first-order valence-electron chi connectivity index (χ1n) is 17.9. The Kier molecular flexibility index (Phi) is 18.3. The molecule has 0 fully saturated rings.